The molecule has 1 heterocycles. The molecule has 1 aromatic carbocycles. The van der Waals surface area contributed by atoms with E-state index in [0.717, 1.165) is 28.0 Å². The number of thiophene rings is 1. The number of nitrogens with one attached hydrogen (secondary N) is 1. The van der Waals surface area contributed by atoms with E-state index >= 15 is 0 Å². The van der Waals surface area contributed by atoms with Crippen molar-refractivity contribution >= 4 is 28.8 Å². The molecule has 0 spiro atoms. The van der Waals surface area contributed by atoms with E-state index in [9.17, 15) is 9.28 Å². The Kier molecular flexibility index (Phi) is 3.45. The minimum Gasteiger partial charge on any atom is -0.266 e. The zero-order valence-electron chi connectivity index (χ0n) is 8.96. The third-order valence-electron chi connectivity index (χ3n) is 2.46. The maximum Gasteiger partial charge on any atom is 0.289 e. The molecule has 0 bridgehead atoms. The van der Waals surface area contributed by atoms with Gasteiger partial charge in [-0.05, 0) is 18.1 Å². The zero-order chi connectivity index (χ0) is 12.4. The topological polar surface area (TPSA) is 29.1 Å². The summed E-state index contributed by atoms with van der Waals surface area (Å²) >= 11 is 7.18. The summed E-state index contributed by atoms with van der Waals surface area (Å²) in [6, 6.07) is 9.47. The third kappa shape index (κ3) is 2.18. The number of amides is 1. The normalized spacial score (nSPS) is 10.3. The first-order valence-corrected chi connectivity index (χ1v) is 6.10. The molecule has 1 N–H and O–H groups in total. The van der Waals surface area contributed by atoms with Gasteiger partial charge in [-0.25, -0.2) is 0 Å². The van der Waals surface area contributed by atoms with Gasteiger partial charge in [-0.3, -0.25) is 4.79 Å². The van der Waals surface area contributed by atoms with Crippen molar-refractivity contribution in [2.24, 2.45) is 0 Å². The fourth-order valence-corrected chi connectivity index (χ4v) is 3.09. The average Bonchev–Trinajstić information content (AvgIpc) is 2.65. The summed E-state index contributed by atoms with van der Waals surface area (Å²) in [5.74, 6) is -0.753. The lowest BCUT2D eigenvalue weighted by molar-refractivity contribution is 0.0863. The minimum atomic E-state index is -0.753. The van der Waals surface area contributed by atoms with Crippen LogP contribution in [0, 0.1) is 6.92 Å². The molecule has 0 aliphatic carbocycles. The fraction of sp³-hybridized carbons (Fsp3) is 0.0833. The summed E-state index contributed by atoms with van der Waals surface area (Å²) in [6.07, 6.45) is 0. The van der Waals surface area contributed by atoms with Crippen molar-refractivity contribution in [3.8, 4) is 11.1 Å². The van der Waals surface area contributed by atoms with E-state index in [2.05, 4.69) is 0 Å². The summed E-state index contributed by atoms with van der Waals surface area (Å²) in [5.41, 5.74) is 3.53. The molecule has 2 aromatic rings. The van der Waals surface area contributed by atoms with E-state index in [4.69, 9.17) is 11.6 Å². The van der Waals surface area contributed by atoms with Crippen LogP contribution in [-0.2, 0) is 0 Å². The van der Waals surface area contributed by atoms with Crippen LogP contribution in [0.15, 0.2) is 30.3 Å². The Bertz CT molecular complexity index is 553. The molecular weight excluding hydrogens is 261 g/mol. The lowest BCUT2D eigenvalue weighted by Gasteiger charge is -2.01. The quantitative estimate of drug-likeness (QED) is 0.821. The second-order valence-electron chi connectivity index (χ2n) is 3.49. The van der Waals surface area contributed by atoms with Gasteiger partial charge < -0.3 is 0 Å². The second kappa shape index (κ2) is 4.85. The first kappa shape index (κ1) is 12.1. The first-order valence-electron chi connectivity index (χ1n) is 4.90. The molecule has 0 unspecified atom stereocenters. The summed E-state index contributed by atoms with van der Waals surface area (Å²) in [4.78, 5) is 11.6. The Balaban J connectivity index is 2.57. The number of halogens is 2. The van der Waals surface area contributed by atoms with Crippen LogP contribution < -0.4 is 5.54 Å². The van der Waals surface area contributed by atoms with Crippen molar-refractivity contribution in [2.45, 2.75) is 6.92 Å². The smallest absolute Gasteiger partial charge is 0.266 e. The highest BCUT2D eigenvalue weighted by molar-refractivity contribution is 7.18. The molecule has 0 radical (unpaired) electrons. The number of carbonyl (C=O) groups excluding carboxylic acids is 1. The van der Waals surface area contributed by atoms with Gasteiger partial charge in [-0.1, -0.05) is 46.4 Å². The van der Waals surface area contributed by atoms with Crippen molar-refractivity contribution in [3.63, 3.8) is 0 Å². The highest BCUT2D eigenvalue weighted by Gasteiger charge is 2.19. The molecule has 0 saturated carbocycles. The van der Waals surface area contributed by atoms with Gasteiger partial charge in [0.25, 0.3) is 5.91 Å². The lowest BCUT2D eigenvalue weighted by atomic mass is 10.0. The fourth-order valence-electron chi connectivity index (χ4n) is 1.67. The molecule has 88 valence electrons. The van der Waals surface area contributed by atoms with Gasteiger partial charge in [0.1, 0.15) is 4.34 Å². The summed E-state index contributed by atoms with van der Waals surface area (Å²) in [6.45, 7) is 1.76. The SMILES string of the molecule is Cc1c(C(=O)NF)sc(Cl)c1-c1ccccc1. The number of carbonyl (C=O) groups is 1. The molecule has 0 fully saturated rings. The molecular formula is C12H9ClFNOS. The summed E-state index contributed by atoms with van der Waals surface area (Å²) in [7, 11) is 0. The molecule has 0 aliphatic heterocycles. The molecule has 0 aliphatic rings. The maximum absolute atomic E-state index is 12.2. The Labute approximate surface area is 107 Å². The molecule has 2 rings (SSSR count). The average molecular weight is 270 g/mol. The Morgan fingerprint density at radius 3 is 2.59 bits per heavy atom. The monoisotopic (exact) mass is 269 g/mol. The second-order valence-corrected chi connectivity index (χ2v) is 5.12. The zero-order valence-corrected chi connectivity index (χ0v) is 10.5. The van der Waals surface area contributed by atoms with Crippen molar-refractivity contribution in [1.29, 1.82) is 0 Å². The Morgan fingerprint density at radius 2 is 2.00 bits per heavy atom. The van der Waals surface area contributed by atoms with Gasteiger partial charge in [0.2, 0.25) is 0 Å². The molecule has 1 amide bonds. The van der Waals surface area contributed by atoms with Crippen LogP contribution in [0.3, 0.4) is 0 Å². The van der Waals surface area contributed by atoms with E-state index in [1.807, 2.05) is 30.3 Å². The Morgan fingerprint density at radius 1 is 1.35 bits per heavy atom. The number of hydrogen-bond acceptors (Lipinski definition) is 2. The number of hydrogen-bond donors (Lipinski definition) is 1. The largest absolute Gasteiger partial charge is 0.289 e. The van der Waals surface area contributed by atoms with Crippen molar-refractivity contribution in [1.82, 2.24) is 5.54 Å². The van der Waals surface area contributed by atoms with Crippen LogP contribution in [0.5, 0.6) is 0 Å². The maximum atomic E-state index is 12.2. The number of benzene rings is 1. The van der Waals surface area contributed by atoms with Crippen molar-refractivity contribution in [2.75, 3.05) is 0 Å². The van der Waals surface area contributed by atoms with Gasteiger partial charge >= 0.3 is 0 Å². The predicted octanol–water partition coefficient (Wildman–Crippen LogP) is 3.99. The van der Waals surface area contributed by atoms with E-state index in [1.54, 1.807) is 6.92 Å². The van der Waals surface area contributed by atoms with Crippen molar-refractivity contribution in [3.05, 3.63) is 45.1 Å². The van der Waals surface area contributed by atoms with Gasteiger partial charge in [0.15, 0.2) is 0 Å². The van der Waals surface area contributed by atoms with Gasteiger partial charge in [0, 0.05) is 5.56 Å². The van der Waals surface area contributed by atoms with E-state index < -0.39 is 5.91 Å². The van der Waals surface area contributed by atoms with E-state index in [-0.39, 0.29) is 0 Å². The van der Waals surface area contributed by atoms with Crippen LogP contribution in [-0.4, -0.2) is 5.91 Å². The van der Waals surface area contributed by atoms with Gasteiger partial charge in [-0.2, -0.15) is 5.54 Å². The molecule has 2 nitrogen and oxygen atoms in total. The van der Waals surface area contributed by atoms with Gasteiger partial charge in [0.05, 0.1) is 4.88 Å². The van der Waals surface area contributed by atoms with Crippen LogP contribution >= 0.6 is 22.9 Å². The highest BCUT2D eigenvalue weighted by atomic mass is 35.5. The third-order valence-corrected chi connectivity index (χ3v) is 3.96. The van der Waals surface area contributed by atoms with E-state index in [1.165, 1.54) is 0 Å². The molecule has 0 atom stereocenters. The first-order chi connectivity index (χ1) is 8.15. The van der Waals surface area contributed by atoms with Crippen LogP contribution in [0.25, 0.3) is 11.1 Å². The number of rotatable bonds is 2. The van der Waals surface area contributed by atoms with E-state index in [0.29, 0.717) is 14.8 Å². The van der Waals surface area contributed by atoms with Crippen LogP contribution in [0.2, 0.25) is 4.34 Å². The standard InChI is InChI=1S/C12H9ClFNOS/c1-7-9(8-5-3-2-4-6-8)11(13)17-10(7)12(16)15-14/h2-6H,1H3,(H,15,16). The summed E-state index contributed by atoms with van der Waals surface area (Å²) < 4.78 is 12.7. The van der Waals surface area contributed by atoms with Crippen LogP contribution in [0.4, 0.5) is 4.48 Å². The summed E-state index contributed by atoms with van der Waals surface area (Å²) in [5, 5.41) is 0. The Hall–Kier alpha value is -1.39. The predicted molar refractivity (Wildman–Crippen MR) is 68.1 cm³/mol. The molecule has 1 aromatic heterocycles. The minimum absolute atomic E-state index is 0.302. The van der Waals surface area contributed by atoms with Crippen LogP contribution in [0.1, 0.15) is 15.2 Å². The molecule has 5 heteroatoms. The van der Waals surface area contributed by atoms with Gasteiger partial charge in [-0.15, -0.1) is 11.3 Å². The van der Waals surface area contributed by atoms with Crippen molar-refractivity contribution < 1.29 is 9.28 Å². The molecule has 0 saturated heterocycles. The highest BCUT2D eigenvalue weighted by Crippen LogP contribution is 2.39. The lowest BCUT2D eigenvalue weighted by Crippen LogP contribution is -2.12. The molecule has 17 heavy (non-hydrogen) atoms.